The van der Waals surface area contributed by atoms with Gasteiger partial charge in [0.05, 0.1) is 17.1 Å². The molecule has 31 heavy (non-hydrogen) atoms. The number of ether oxygens (including phenoxy) is 1. The van der Waals surface area contributed by atoms with Crippen molar-refractivity contribution in [3.05, 3.63) is 82.8 Å². The van der Waals surface area contributed by atoms with Crippen molar-refractivity contribution < 1.29 is 9.53 Å². The van der Waals surface area contributed by atoms with Crippen LogP contribution in [0.5, 0.6) is 0 Å². The van der Waals surface area contributed by atoms with Crippen LogP contribution in [0.15, 0.2) is 65.6 Å². The van der Waals surface area contributed by atoms with Gasteiger partial charge in [-0.25, -0.2) is 9.78 Å². The number of aromatic amines is 1. The Balaban J connectivity index is 1.37. The largest absolute Gasteiger partial charge is 0.451 e. The molecule has 5 aromatic rings. The lowest BCUT2D eigenvalue weighted by Gasteiger charge is -2.11. The number of carbonyl (C=O) groups is 1. The molecule has 0 unspecified atom stereocenters. The predicted molar refractivity (Wildman–Crippen MR) is 114 cm³/mol. The van der Waals surface area contributed by atoms with Gasteiger partial charge in [0.25, 0.3) is 5.56 Å². The Hall–Kier alpha value is -4.40. The van der Waals surface area contributed by atoms with Crippen LogP contribution in [0.2, 0.25) is 0 Å². The Morgan fingerprint density at radius 3 is 2.74 bits per heavy atom. The summed E-state index contributed by atoms with van der Waals surface area (Å²) < 4.78 is 6.94. The summed E-state index contributed by atoms with van der Waals surface area (Å²) in [7, 11) is 0. The number of fused-ring (bicyclic) bond motifs is 4. The standard InChI is InChI=1S/C22H16N6O3/c1-13(20-24-17-9-5-4-8-16(17)22(30)25-20)31-19(29)11-10-18-26-27-21-15-7-3-2-6-14(15)12-23-28(18)21/h2-13H,1H3,(H,24,25,30)/b11-10+/t13-/m1/s1. The van der Waals surface area contributed by atoms with E-state index < -0.39 is 12.1 Å². The van der Waals surface area contributed by atoms with Gasteiger partial charge in [-0.1, -0.05) is 36.4 Å². The molecular formula is C22H16N6O3. The monoisotopic (exact) mass is 412 g/mol. The molecule has 5 rings (SSSR count). The molecule has 0 fully saturated rings. The summed E-state index contributed by atoms with van der Waals surface area (Å²) >= 11 is 0. The summed E-state index contributed by atoms with van der Waals surface area (Å²) in [5, 5.41) is 14.9. The quantitative estimate of drug-likeness (QED) is 0.356. The Morgan fingerprint density at radius 2 is 1.87 bits per heavy atom. The van der Waals surface area contributed by atoms with Gasteiger partial charge >= 0.3 is 5.97 Å². The maximum absolute atomic E-state index is 12.3. The normalized spacial score (nSPS) is 12.7. The number of benzene rings is 2. The fourth-order valence-corrected chi connectivity index (χ4v) is 3.32. The smallest absolute Gasteiger partial charge is 0.331 e. The lowest BCUT2D eigenvalue weighted by atomic mass is 10.2. The molecular weight excluding hydrogens is 396 g/mol. The number of esters is 1. The van der Waals surface area contributed by atoms with Crippen LogP contribution in [-0.2, 0) is 9.53 Å². The average Bonchev–Trinajstić information content (AvgIpc) is 3.21. The minimum atomic E-state index is -0.744. The maximum atomic E-state index is 12.3. The zero-order chi connectivity index (χ0) is 21.4. The van der Waals surface area contributed by atoms with Gasteiger partial charge in [-0.2, -0.15) is 9.61 Å². The molecule has 0 aliphatic heterocycles. The molecule has 2 aromatic carbocycles. The SMILES string of the molecule is C[C@@H](OC(=O)/C=C/c1nnc2c3ccccc3cnn12)c1nc2ccccc2c(=O)[nH]1. The molecule has 0 spiro atoms. The van der Waals surface area contributed by atoms with Crippen LogP contribution in [0, 0.1) is 0 Å². The highest BCUT2D eigenvalue weighted by Gasteiger charge is 2.15. The Morgan fingerprint density at radius 1 is 1.10 bits per heavy atom. The Labute approximate surface area is 175 Å². The second-order valence-electron chi connectivity index (χ2n) is 6.91. The summed E-state index contributed by atoms with van der Waals surface area (Å²) in [6, 6.07) is 14.7. The summed E-state index contributed by atoms with van der Waals surface area (Å²) in [6.45, 7) is 1.64. The van der Waals surface area contributed by atoms with Crippen LogP contribution in [0.1, 0.15) is 24.7 Å². The van der Waals surface area contributed by atoms with Gasteiger partial charge in [-0.15, -0.1) is 10.2 Å². The van der Waals surface area contributed by atoms with Crippen molar-refractivity contribution in [2.24, 2.45) is 0 Å². The minimum absolute atomic E-state index is 0.270. The number of hydrogen-bond donors (Lipinski definition) is 1. The molecule has 3 aromatic heterocycles. The molecule has 0 amide bonds. The molecule has 3 heterocycles. The van der Waals surface area contributed by atoms with Crippen LogP contribution in [0.4, 0.5) is 0 Å². The molecule has 9 nitrogen and oxygen atoms in total. The van der Waals surface area contributed by atoms with Crippen molar-refractivity contribution in [3.8, 4) is 0 Å². The lowest BCUT2D eigenvalue weighted by Crippen LogP contribution is -2.16. The molecule has 0 saturated carbocycles. The summed E-state index contributed by atoms with van der Waals surface area (Å²) in [5.74, 6) is 0.0509. The van der Waals surface area contributed by atoms with E-state index in [0.717, 1.165) is 10.8 Å². The fourth-order valence-electron chi connectivity index (χ4n) is 3.32. The number of rotatable bonds is 4. The molecule has 152 valence electrons. The van der Waals surface area contributed by atoms with E-state index in [9.17, 15) is 9.59 Å². The zero-order valence-electron chi connectivity index (χ0n) is 16.4. The van der Waals surface area contributed by atoms with E-state index >= 15 is 0 Å². The minimum Gasteiger partial charge on any atom is -0.451 e. The first kappa shape index (κ1) is 18.6. The molecule has 0 saturated heterocycles. The molecule has 9 heteroatoms. The van der Waals surface area contributed by atoms with Crippen molar-refractivity contribution in [1.82, 2.24) is 29.8 Å². The first-order chi connectivity index (χ1) is 15.1. The molecule has 1 N–H and O–H groups in total. The van der Waals surface area contributed by atoms with Crippen LogP contribution < -0.4 is 5.56 Å². The summed E-state index contributed by atoms with van der Waals surface area (Å²) in [5.41, 5.74) is 0.845. The molecule has 0 bridgehead atoms. The van der Waals surface area contributed by atoms with E-state index in [2.05, 4.69) is 25.3 Å². The topological polar surface area (TPSA) is 115 Å². The van der Waals surface area contributed by atoms with E-state index in [0.29, 0.717) is 22.4 Å². The highest BCUT2D eigenvalue weighted by atomic mass is 16.5. The second-order valence-corrected chi connectivity index (χ2v) is 6.91. The molecule has 0 radical (unpaired) electrons. The third-order valence-corrected chi connectivity index (χ3v) is 4.86. The average molecular weight is 412 g/mol. The van der Waals surface area contributed by atoms with E-state index in [1.807, 2.05) is 24.3 Å². The van der Waals surface area contributed by atoms with Crippen LogP contribution in [0.25, 0.3) is 33.4 Å². The van der Waals surface area contributed by atoms with E-state index in [1.165, 1.54) is 12.2 Å². The second kappa shape index (κ2) is 7.45. The van der Waals surface area contributed by atoms with Crippen LogP contribution >= 0.6 is 0 Å². The molecule has 0 aliphatic rings. The van der Waals surface area contributed by atoms with Gasteiger partial charge in [0.15, 0.2) is 23.4 Å². The number of nitrogens with zero attached hydrogens (tertiary/aromatic N) is 5. The van der Waals surface area contributed by atoms with Gasteiger partial charge in [0.2, 0.25) is 0 Å². The van der Waals surface area contributed by atoms with Crippen molar-refractivity contribution >= 4 is 39.4 Å². The number of nitrogens with one attached hydrogen (secondary N) is 1. The van der Waals surface area contributed by atoms with Gasteiger partial charge in [-0.3, -0.25) is 4.79 Å². The summed E-state index contributed by atoms with van der Waals surface area (Å²) in [4.78, 5) is 31.6. The number of H-pyrrole nitrogens is 1. The van der Waals surface area contributed by atoms with E-state index in [4.69, 9.17) is 4.74 Å². The van der Waals surface area contributed by atoms with Gasteiger partial charge < -0.3 is 9.72 Å². The van der Waals surface area contributed by atoms with Crippen LogP contribution in [-0.4, -0.2) is 35.7 Å². The third-order valence-electron chi connectivity index (χ3n) is 4.86. The van der Waals surface area contributed by atoms with Crippen molar-refractivity contribution in [3.63, 3.8) is 0 Å². The number of para-hydroxylation sites is 1. The Bertz CT molecular complexity index is 1540. The fraction of sp³-hybridized carbons (Fsp3) is 0.0909. The van der Waals surface area contributed by atoms with Crippen molar-refractivity contribution in [1.29, 1.82) is 0 Å². The summed E-state index contributed by atoms with van der Waals surface area (Å²) in [6.07, 6.45) is 3.69. The van der Waals surface area contributed by atoms with Gasteiger partial charge in [0, 0.05) is 16.8 Å². The third kappa shape index (κ3) is 3.42. The zero-order valence-corrected chi connectivity index (χ0v) is 16.4. The number of hydrogen-bond acceptors (Lipinski definition) is 7. The van der Waals surface area contributed by atoms with Gasteiger partial charge in [0.1, 0.15) is 0 Å². The Kier molecular flexibility index (Phi) is 4.47. The molecule has 0 aliphatic carbocycles. The predicted octanol–water partition coefficient (Wildman–Crippen LogP) is 2.83. The number of carbonyl (C=O) groups excluding carboxylic acids is 1. The van der Waals surface area contributed by atoms with Crippen LogP contribution in [0.3, 0.4) is 0 Å². The molecule has 1 atom stereocenters. The van der Waals surface area contributed by atoms with Crippen molar-refractivity contribution in [2.45, 2.75) is 13.0 Å². The first-order valence-corrected chi connectivity index (χ1v) is 9.57. The highest BCUT2D eigenvalue weighted by Crippen LogP contribution is 2.18. The maximum Gasteiger partial charge on any atom is 0.331 e. The number of aromatic nitrogens is 6. The van der Waals surface area contributed by atoms with Gasteiger partial charge in [-0.05, 0) is 25.1 Å². The van der Waals surface area contributed by atoms with E-state index in [1.54, 1.807) is 41.9 Å². The highest BCUT2D eigenvalue weighted by molar-refractivity contribution is 5.93. The van der Waals surface area contributed by atoms with Crippen molar-refractivity contribution in [2.75, 3.05) is 0 Å². The van der Waals surface area contributed by atoms with E-state index in [-0.39, 0.29) is 11.4 Å². The lowest BCUT2D eigenvalue weighted by molar-refractivity contribution is -0.142. The first-order valence-electron chi connectivity index (χ1n) is 9.57.